The van der Waals surface area contributed by atoms with Crippen molar-refractivity contribution in [1.82, 2.24) is 14.6 Å². The van der Waals surface area contributed by atoms with Crippen LogP contribution in [0, 0.1) is 0 Å². The number of nitrogens with two attached hydrogens (primary N) is 1. The summed E-state index contributed by atoms with van der Waals surface area (Å²) in [6.07, 6.45) is 6.25. The normalized spacial score (nSPS) is 12.9. The summed E-state index contributed by atoms with van der Waals surface area (Å²) in [6.45, 7) is 2.80. The van der Waals surface area contributed by atoms with Crippen molar-refractivity contribution < 1.29 is 0 Å². The van der Waals surface area contributed by atoms with Crippen LogP contribution in [0.15, 0.2) is 24.7 Å². The zero-order valence-electron chi connectivity index (χ0n) is 8.72. The van der Waals surface area contributed by atoms with Gasteiger partial charge in [-0.25, -0.2) is 9.50 Å². The predicted octanol–water partition coefficient (Wildman–Crippen LogP) is 0.878. The highest BCUT2D eigenvalue weighted by atomic mass is 15.2. The molecule has 0 saturated heterocycles. The minimum atomic E-state index is 0.162. The van der Waals surface area contributed by atoms with E-state index in [0.717, 1.165) is 24.3 Å². The molecular formula is C10H15N5. The summed E-state index contributed by atoms with van der Waals surface area (Å²) in [6, 6.07) is 2.09. The molecule has 0 bridgehead atoms. The molecule has 0 aliphatic rings. The van der Waals surface area contributed by atoms with Gasteiger partial charge < -0.3 is 11.1 Å². The average molecular weight is 205 g/mol. The molecule has 0 radical (unpaired) electrons. The number of hydrogen-bond acceptors (Lipinski definition) is 4. The Hall–Kier alpha value is -1.62. The van der Waals surface area contributed by atoms with Crippen LogP contribution in [0.2, 0.25) is 0 Å². The number of aromatic nitrogens is 3. The lowest BCUT2D eigenvalue weighted by Gasteiger charge is -2.11. The van der Waals surface area contributed by atoms with Gasteiger partial charge in [-0.15, -0.1) is 0 Å². The van der Waals surface area contributed by atoms with Gasteiger partial charge in [0.1, 0.15) is 5.52 Å². The highest BCUT2D eigenvalue weighted by molar-refractivity contribution is 5.66. The molecule has 1 atom stereocenters. The fraction of sp³-hybridized carbons (Fsp3) is 0.400. The van der Waals surface area contributed by atoms with E-state index in [1.54, 1.807) is 16.9 Å². The zero-order valence-corrected chi connectivity index (χ0v) is 8.72. The Morgan fingerprint density at radius 1 is 1.53 bits per heavy atom. The van der Waals surface area contributed by atoms with E-state index in [1.807, 2.05) is 12.3 Å². The molecule has 0 aromatic carbocycles. The summed E-state index contributed by atoms with van der Waals surface area (Å²) < 4.78 is 1.78. The Bertz CT molecular complexity index is 436. The minimum Gasteiger partial charge on any atom is -0.367 e. The summed E-state index contributed by atoms with van der Waals surface area (Å²) in [5, 5.41) is 7.36. The van der Waals surface area contributed by atoms with Crippen molar-refractivity contribution in [2.24, 2.45) is 5.73 Å². The molecule has 0 aliphatic carbocycles. The summed E-state index contributed by atoms with van der Waals surface area (Å²) in [5.41, 5.74) is 6.80. The Balaban J connectivity index is 2.17. The number of anilines is 1. The molecule has 3 N–H and O–H groups in total. The molecule has 80 valence electrons. The highest BCUT2D eigenvalue weighted by Crippen LogP contribution is 2.11. The van der Waals surface area contributed by atoms with Gasteiger partial charge in [0.05, 0.1) is 6.20 Å². The van der Waals surface area contributed by atoms with E-state index in [0.29, 0.717) is 0 Å². The van der Waals surface area contributed by atoms with E-state index in [9.17, 15) is 0 Å². The van der Waals surface area contributed by atoms with Gasteiger partial charge in [0.2, 0.25) is 0 Å². The van der Waals surface area contributed by atoms with Crippen molar-refractivity contribution in [3.05, 3.63) is 24.7 Å². The van der Waals surface area contributed by atoms with Crippen molar-refractivity contribution in [2.75, 3.05) is 11.9 Å². The number of nitrogens with zero attached hydrogens (tertiary/aromatic N) is 3. The van der Waals surface area contributed by atoms with Gasteiger partial charge in [0, 0.05) is 25.0 Å². The van der Waals surface area contributed by atoms with Crippen LogP contribution in [0.5, 0.6) is 0 Å². The third-order valence-electron chi connectivity index (χ3n) is 2.38. The van der Waals surface area contributed by atoms with Crippen LogP contribution < -0.4 is 11.1 Å². The Morgan fingerprint density at radius 2 is 2.40 bits per heavy atom. The lowest BCUT2D eigenvalue weighted by molar-refractivity contribution is 0.678. The topological polar surface area (TPSA) is 68.2 Å². The van der Waals surface area contributed by atoms with Crippen LogP contribution in [0.25, 0.3) is 5.52 Å². The summed E-state index contributed by atoms with van der Waals surface area (Å²) >= 11 is 0. The van der Waals surface area contributed by atoms with Crippen LogP contribution in [-0.2, 0) is 0 Å². The highest BCUT2D eigenvalue weighted by Gasteiger charge is 2.04. The molecule has 2 heterocycles. The molecule has 0 spiro atoms. The molecule has 5 heteroatoms. The van der Waals surface area contributed by atoms with Gasteiger partial charge in [-0.1, -0.05) is 6.92 Å². The van der Waals surface area contributed by atoms with E-state index >= 15 is 0 Å². The Morgan fingerprint density at radius 3 is 3.20 bits per heavy atom. The van der Waals surface area contributed by atoms with Crippen LogP contribution >= 0.6 is 0 Å². The fourth-order valence-corrected chi connectivity index (χ4v) is 1.37. The maximum absolute atomic E-state index is 5.83. The van der Waals surface area contributed by atoms with Crippen LogP contribution in [0.1, 0.15) is 13.3 Å². The standard InChI is InChI=1S/C10H15N5/c1-2-8(11)7-13-10-9-3-4-14-15(9)6-5-12-10/h3-6,8H,2,7,11H2,1H3,(H,12,13). The van der Waals surface area contributed by atoms with E-state index in [-0.39, 0.29) is 6.04 Å². The third kappa shape index (κ3) is 2.07. The van der Waals surface area contributed by atoms with E-state index < -0.39 is 0 Å². The smallest absolute Gasteiger partial charge is 0.152 e. The summed E-state index contributed by atoms with van der Waals surface area (Å²) in [5.74, 6) is 0.832. The molecule has 5 nitrogen and oxygen atoms in total. The lowest BCUT2D eigenvalue weighted by Crippen LogP contribution is -2.28. The number of rotatable bonds is 4. The van der Waals surface area contributed by atoms with E-state index in [4.69, 9.17) is 5.73 Å². The molecule has 0 amide bonds. The Kier molecular flexibility index (Phi) is 2.82. The second-order valence-electron chi connectivity index (χ2n) is 3.49. The molecule has 0 aliphatic heterocycles. The SMILES string of the molecule is CCC(N)CNc1nccn2nccc12. The van der Waals surface area contributed by atoms with Crippen LogP contribution in [0.3, 0.4) is 0 Å². The van der Waals surface area contributed by atoms with E-state index in [2.05, 4.69) is 22.3 Å². The maximum Gasteiger partial charge on any atom is 0.152 e. The number of hydrogen-bond donors (Lipinski definition) is 2. The number of fused-ring (bicyclic) bond motifs is 1. The Labute approximate surface area is 88.3 Å². The van der Waals surface area contributed by atoms with Crippen molar-refractivity contribution in [2.45, 2.75) is 19.4 Å². The van der Waals surface area contributed by atoms with Gasteiger partial charge in [-0.05, 0) is 12.5 Å². The van der Waals surface area contributed by atoms with Crippen molar-refractivity contribution >= 4 is 11.3 Å². The van der Waals surface area contributed by atoms with Crippen molar-refractivity contribution in [3.63, 3.8) is 0 Å². The maximum atomic E-state index is 5.83. The zero-order chi connectivity index (χ0) is 10.7. The van der Waals surface area contributed by atoms with E-state index in [1.165, 1.54) is 0 Å². The summed E-state index contributed by atoms with van der Waals surface area (Å²) in [4.78, 5) is 4.26. The minimum absolute atomic E-state index is 0.162. The molecule has 15 heavy (non-hydrogen) atoms. The lowest BCUT2D eigenvalue weighted by atomic mass is 10.2. The monoisotopic (exact) mass is 205 g/mol. The average Bonchev–Trinajstić information content (AvgIpc) is 2.74. The number of nitrogens with one attached hydrogen (secondary N) is 1. The fourth-order valence-electron chi connectivity index (χ4n) is 1.37. The molecule has 2 aromatic heterocycles. The predicted molar refractivity (Wildman–Crippen MR) is 59.7 cm³/mol. The van der Waals surface area contributed by atoms with Gasteiger partial charge in [0.25, 0.3) is 0 Å². The third-order valence-corrected chi connectivity index (χ3v) is 2.38. The molecule has 0 fully saturated rings. The van der Waals surface area contributed by atoms with Crippen molar-refractivity contribution in [1.29, 1.82) is 0 Å². The second-order valence-corrected chi connectivity index (χ2v) is 3.49. The first-order valence-electron chi connectivity index (χ1n) is 5.09. The first kappa shape index (κ1) is 9.92. The molecule has 1 unspecified atom stereocenters. The van der Waals surface area contributed by atoms with Gasteiger partial charge in [-0.3, -0.25) is 0 Å². The largest absolute Gasteiger partial charge is 0.367 e. The summed E-state index contributed by atoms with van der Waals surface area (Å²) in [7, 11) is 0. The van der Waals surface area contributed by atoms with Crippen LogP contribution in [0.4, 0.5) is 5.82 Å². The first-order chi connectivity index (χ1) is 7.31. The van der Waals surface area contributed by atoms with Gasteiger partial charge in [0.15, 0.2) is 5.82 Å². The molecular weight excluding hydrogens is 190 g/mol. The second kappa shape index (κ2) is 4.27. The quantitative estimate of drug-likeness (QED) is 0.777. The molecule has 2 rings (SSSR count). The molecule has 0 saturated carbocycles. The van der Waals surface area contributed by atoms with Gasteiger partial charge >= 0.3 is 0 Å². The van der Waals surface area contributed by atoms with Crippen LogP contribution in [-0.4, -0.2) is 27.2 Å². The van der Waals surface area contributed by atoms with Crippen molar-refractivity contribution in [3.8, 4) is 0 Å². The first-order valence-corrected chi connectivity index (χ1v) is 5.09. The molecule has 2 aromatic rings. The van der Waals surface area contributed by atoms with Gasteiger partial charge in [-0.2, -0.15) is 5.10 Å².